The Hall–Kier alpha value is -2.87. The number of pyridine rings is 2. The molecule has 27 heavy (non-hydrogen) atoms. The van der Waals surface area contributed by atoms with Crippen LogP contribution in [0.1, 0.15) is 28.8 Å². The molecule has 1 aliphatic rings. The van der Waals surface area contributed by atoms with Crippen LogP contribution in [0.5, 0.6) is 0 Å². The first-order valence-corrected chi connectivity index (χ1v) is 9.01. The minimum atomic E-state index is -0.584. The molecule has 0 saturated carbocycles. The van der Waals surface area contributed by atoms with Gasteiger partial charge >= 0.3 is 0 Å². The minimum absolute atomic E-state index is 0.168. The predicted molar refractivity (Wildman–Crippen MR) is 103 cm³/mol. The number of halogens is 1. The van der Waals surface area contributed by atoms with Crippen molar-refractivity contribution in [2.75, 3.05) is 23.3 Å². The van der Waals surface area contributed by atoms with Crippen LogP contribution in [0.3, 0.4) is 0 Å². The smallest absolute Gasteiger partial charge is 0.250 e. The number of piperidine rings is 1. The van der Waals surface area contributed by atoms with Crippen LogP contribution in [-0.4, -0.2) is 34.9 Å². The van der Waals surface area contributed by atoms with Crippen molar-refractivity contribution in [3.63, 3.8) is 0 Å². The first kappa shape index (κ1) is 18.9. The molecule has 1 aliphatic heterocycles. The van der Waals surface area contributed by atoms with Gasteiger partial charge in [-0.3, -0.25) is 9.59 Å². The standard InChI is InChI=1S/C18H21ClN6O2/c19-14-7-13(16(21)27)9-24-17(14)23-8-11-3-1-5-22-18(11)25-6-2-4-12(10-25)15(20)26/h1,3,5,7,9,12H,2,4,6,8,10H2,(H2,20,26)(H2,21,27)(H,23,24). The second kappa shape index (κ2) is 8.22. The first-order chi connectivity index (χ1) is 13.0. The van der Waals surface area contributed by atoms with E-state index in [1.54, 1.807) is 6.20 Å². The molecule has 1 saturated heterocycles. The third-order valence-electron chi connectivity index (χ3n) is 4.56. The fourth-order valence-corrected chi connectivity index (χ4v) is 3.37. The monoisotopic (exact) mass is 388 g/mol. The largest absolute Gasteiger partial charge is 0.369 e. The van der Waals surface area contributed by atoms with Gasteiger partial charge in [-0.2, -0.15) is 0 Å². The number of nitrogens with two attached hydrogens (primary N) is 2. The van der Waals surface area contributed by atoms with Crippen molar-refractivity contribution in [3.05, 3.63) is 46.7 Å². The Labute approximate surface area is 161 Å². The molecule has 3 rings (SSSR count). The number of primary amides is 2. The minimum Gasteiger partial charge on any atom is -0.369 e. The lowest BCUT2D eigenvalue weighted by molar-refractivity contribution is -0.122. The molecule has 5 N–H and O–H groups in total. The number of rotatable bonds is 6. The molecule has 0 aliphatic carbocycles. The molecule has 0 bridgehead atoms. The van der Waals surface area contributed by atoms with Crippen LogP contribution in [0.4, 0.5) is 11.6 Å². The van der Waals surface area contributed by atoms with E-state index in [-0.39, 0.29) is 17.4 Å². The highest BCUT2D eigenvalue weighted by Gasteiger charge is 2.26. The molecule has 1 fully saturated rings. The van der Waals surface area contributed by atoms with E-state index in [1.165, 1.54) is 12.3 Å². The number of aromatic nitrogens is 2. The molecular formula is C18H21ClN6O2. The number of amides is 2. The zero-order valence-electron chi connectivity index (χ0n) is 14.7. The van der Waals surface area contributed by atoms with E-state index in [0.717, 1.165) is 30.8 Å². The van der Waals surface area contributed by atoms with Gasteiger partial charge in [-0.1, -0.05) is 17.7 Å². The maximum atomic E-state index is 11.5. The normalized spacial score (nSPS) is 16.8. The Kier molecular flexibility index (Phi) is 5.75. The van der Waals surface area contributed by atoms with Crippen molar-refractivity contribution in [2.24, 2.45) is 17.4 Å². The number of anilines is 2. The van der Waals surface area contributed by atoms with Gasteiger partial charge in [-0.15, -0.1) is 0 Å². The summed E-state index contributed by atoms with van der Waals surface area (Å²) in [7, 11) is 0. The topological polar surface area (TPSA) is 127 Å². The number of nitrogens with one attached hydrogen (secondary N) is 1. The van der Waals surface area contributed by atoms with Crippen LogP contribution in [0.15, 0.2) is 30.6 Å². The summed E-state index contributed by atoms with van der Waals surface area (Å²) in [5.74, 6) is 0.227. The summed E-state index contributed by atoms with van der Waals surface area (Å²) in [5.41, 5.74) is 11.9. The number of carbonyl (C=O) groups excluding carboxylic acids is 2. The van der Waals surface area contributed by atoms with E-state index in [4.69, 9.17) is 23.1 Å². The fourth-order valence-electron chi connectivity index (χ4n) is 3.14. The van der Waals surface area contributed by atoms with Gasteiger partial charge in [0.25, 0.3) is 0 Å². The molecule has 0 aromatic carbocycles. The highest BCUT2D eigenvalue weighted by atomic mass is 35.5. The van der Waals surface area contributed by atoms with Crippen molar-refractivity contribution in [3.8, 4) is 0 Å². The average Bonchev–Trinajstić information content (AvgIpc) is 2.67. The molecule has 1 unspecified atom stereocenters. The summed E-state index contributed by atoms with van der Waals surface area (Å²) in [4.78, 5) is 33.5. The lowest BCUT2D eigenvalue weighted by Crippen LogP contribution is -2.42. The van der Waals surface area contributed by atoms with Crippen molar-refractivity contribution >= 4 is 35.1 Å². The Morgan fingerprint density at radius 3 is 2.85 bits per heavy atom. The van der Waals surface area contributed by atoms with Gasteiger partial charge in [0, 0.05) is 37.6 Å². The van der Waals surface area contributed by atoms with Gasteiger partial charge in [0.2, 0.25) is 11.8 Å². The van der Waals surface area contributed by atoms with E-state index in [2.05, 4.69) is 20.2 Å². The van der Waals surface area contributed by atoms with Crippen LogP contribution in [0.2, 0.25) is 5.02 Å². The number of carbonyl (C=O) groups is 2. The summed E-state index contributed by atoms with van der Waals surface area (Å²) in [6.07, 6.45) is 4.79. The molecule has 2 aromatic heterocycles. The Morgan fingerprint density at radius 2 is 2.15 bits per heavy atom. The zero-order chi connectivity index (χ0) is 19.4. The van der Waals surface area contributed by atoms with Crippen LogP contribution in [0, 0.1) is 5.92 Å². The van der Waals surface area contributed by atoms with E-state index in [0.29, 0.717) is 23.9 Å². The van der Waals surface area contributed by atoms with Gasteiger partial charge in [0.05, 0.1) is 16.5 Å². The highest BCUT2D eigenvalue weighted by Crippen LogP contribution is 2.26. The lowest BCUT2D eigenvalue weighted by atomic mass is 9.97. The number of hydrogen-bond donors (Lipinski definition) is 3. The number of nitrogens with zero attached hydrogens (tertiary/aromatic N) is 3. The molecule has 1 atom stereocenters. The number of hydrogen-bond acceptors (Lipinski definition) is 6. The molecule has 2 aromatic rings. The zero-order valence-corrected chi connectivity index (χ0v) is 15.4. The maximum absolute atomic E-state index is 11.5. The van der Waals surface area contributed by atoms with E-state index in [9.17, 15) is 9.59 Å². The molecule has 3 heterocycles. The van der Waals surface area contributed by atoms with Crippen LogP contribution < -0.4 is 21.7 Å². The molecular weight excluding hydrogens is 368 g/mol. The summed E-state index contributed by atoms with van der Waals surface area (Å²) in [6, 6.07) is 5.28. The third-order valence-corrected chi connectivity index (χ3v) is 4.85. The van der Waals surface area contributed by atoms with Crippen molar-refractivity contribution in [1.29, 1.82) is 0 Å². The molecule has 2 amide bonds. The van der Waals surface area contributed by atoms with E-state index < -0.39 is 5.91 Å². The molecule has 142 valence electrons. The first-order valence-electron chi connectivity index (χ1n) is 8.63. The predicted octanol–water partition coefficient (Wildman–Crippen LogP) is 1.54. The van der Waals surface area contributed by atoms with Crippen molar-refractivity contribution in [1.82, 2.24) is 9.97 Å². The summed E-state index contributed by atoms with van der Waals surface area (Å²) < 4.78 is 0. The molecule has 0 radical (unpaired) electrons. The Balaban J connectivity index is 1.75. The Bertz CT molecular complexity index is 859. The quantitative estimate of drug-likeness (QED) is 0.688. The second-order valence-corrected chi connectivity index (χ2v) is 6.85. The van der Waals surface area contributed by atoms with E-state index >= 15 is 0 Å². The van der Waals surface area contributed by atoms with E-state index in [1.807, 2.05) is 12.1 Å². The fraction of sp³-hybridized carbons (Fsp3) is 0.333. The summed E-state index contributed by atoms with van der Waals surface area (Å²) >= 11 is 6.17. The lowest BCUT2D eigenvalue weighted by Gasteiger charge is -2.33. The highest BCUT2D eigenvalue weighted by molar-refractivity contribution is 6.33. The van der Waals surface area contributed by atoms with Gasteiger partial charge in [-0.25, -0.2) is 9.97 Å². The third kappa shape index (κ3) is 4.46. The van der Waals surface area contributed by atoms with Gasteiger partial charge in [-0.05, 0) is 25.0 Å². The SMILES string of the molecule is NC(=O)c1cnc(NCc2cccnc2N2CCCC(C(N)=O)C2)c(Cl)c1. The molecule has 9 heteroatoms. The van der Waals surface area contributed by atoms with Gasteiger partial charge in [0.15, 0.2) is 0 Å². The van der Waals surface area contributed by atoms with Crippen LogP contribution in [0.25, 0.3) is 0 Å². The van der Waals surface area contributed by atoms with Gasteiger partial charge in [0.1, 0.15) is 11.6 Å². The summed E-state index contributed by atoms with van der Waals surface area (Å²) in [6.45, 7) is 1.81. The molecule has 0 spiro atoms. The van der Waals surface area contributed by atoms with Crippen molar-refractivity contribution in [2.45, 2.75) is 19.4 Å². The van der Waals surface area contributed by atoms with Gasteiger partial charge < -0.3 is 21.7 Å². The van der Waals surface area contributed by atoms with Crippen LogP contribution in [-0.2, 0) is 11.3 Å². The maximum Gasteiger partial charge on any atom is 0.250 e. The van der Waals surface area contributed by atoms with Crippen LogP contribution >= 0.6 is 11.6 Å². The summed E-state index contributed by atoms with van der Waals surface area (Å²) in [5, 5.41) is 3.46. The second-order valence-electron chi connectivity index (χ2n) is 6.45. The van der Waals surface area contributed by atoms with Crippen molar-refractivity contribution < 1.29 is 9.59 Å². The molecule has 8 nitrogen and oxygen atoms in total. The Morgan fingerprint density at radius 1 is 1.33 bits per heavy atom. The average molecular weight is 389 g/mol.